The van der Waals surface area contributed by atoms with Crippen molar-refractivity contribution < 1.29 is 9.84 Å². The third-order valence-corrected chi connectivity index (χ3v) is 5.50. The van der Waals surface area contributed by atoms with Gasteiger partial charge in [-0.2, -0.15) is 0 Å². The molecule has 0 bridgehead atoms. The highest BCUT2D eigenvalue weighted by Crippen LogP contribution is 2.52. The number of ether oxygens (including phenoxy) is 1. The first-order valence-corrected chi connectivity index (χ1v) is 7.56. The lowest BCUT2D eigenvalue weighted by molar-refractivity contribution is -0.185. The third kappa shape index (κ3) is 2.21. The van der Waals surface area contributed by atoms with E-state index in [0.29, 0.717) is 18.4 Å². The van der Waals surface area contributed by atoms with Gasteiger partial charge in [0.1, 0.15) is 0 Å². The van der Waals surface area contributed by atoms with E-state index in [0.717, 1.165) is 45.3 Å². The van der Waals surface area contributed by atoms with E-state index >= 15 is 0 Å². The lowest BCUT2D eigenvalue weighted by Crippen LogP contribution is -2.61. The van der Waals surface area contributed by atoms with Crippen LogP contribution in [0.4, 0.5) is 0 Å². The van der Waals surface area contributed by atoms with Gasteiger partial charge in [-0.05, 0) is 37.5 Å². The molecular weight excluding hydrogens is 226 g/mol. The van der Waals surface area contributed by atoms with Crippen molar-refractivity contribution in [1.29, 1.82) is 0 Å². The van der Waals surface area contributed by atoms with Gasteiger partial charge in [-0.25, -0.2) is 0 Å². The summed E-state index contributed by atoms with van der Waals surface area (Å²) >= 11 is 0. The van der Waals surface area contributed by atoms with Crippen LogP contribution in [0.25, 0.3) is 0 Å². The molecule has 1 saturated heterocycles. The number of hydrogen-bond acceptors (Lipinski definition) is 3. The number of hydrogen-bond donors (Lipinski definition) is 2. The van der Waals surface area contributed by atoms with E-state index in [1.807, 2.05) is 0 Å². The second-order valence-corrected chi connectivity index (χ2v) is 6.62. The van der Waals surface area contributed by atoms with Crippen molar-refractivity contribution >= 4 is 0 Å². The standard InChI is InChI=1S/C15H29NO2/c1-12(2)13-5-3-4-6-15(13,17)14(11-16)7-9-18-10-8-14/h12-13,17H,3-11,16H2,1-2H3. The van der Waals surface area contributed by atoms with E-state index < -0.39 is 5.60 Å². The average Bonchev–Trinajstić information content (AvgIpc) is 2.39. The molecule has 0 spiro atoms. The average molecular weight is 255 g/mol. The summed E-state index contributed by atoms with van der Waals surface area (Å²) < 4.78 is 5.49. The zero-order chi connectivity index (χ0) is 13.2. The zero-order valence-corrected chi connectivity index (χ0v) is 12.0. The van der Waals surface area contributed by atoms with Gasteiger partial charge < -0.3 is 15.6 Å². The van der Waals surface area contributed by atoms with Crippen LogP contribution < -0.4 is 5.73 Å². The molecule has 1 aliphatic heterocycles. The molecule has 2 rings (SSSR count). The fourth-order valence-electron chi connectivity index (χ4n) is 4.30. The highest BCUT2D eigenvalue weighted by molar-refractivity contribution is 5.06. The van der Waals surface area contributed by atoms with Crippen molar-refractivity contribution in [2.45, 2.75) is 58.0 Å². The largest absolute Gasteiger partial charge is 0.389 e. The van der Waals surface area contributed by atoms with Crippen molar-refractivity contribution in [2.24, 2.45) is 23.0 Å². The minimum atomic E-state index is -0.571. The molecule has 0 amide bonds. The first-order valence-electron chi connectivity index (χ1n) is 7.56. The molecule has 3 N–H and O–H groups in total. The summed E-state index contributed by atoms with van der Waals surface area (Å²) in [5.41, 5.74) is 5.42. The van der Waals surface area contributed by atoms with E-state index in [1.165, 1.54) is 6.42 Å². The summed E-state index contributed by atoms with van der Waals surface area (Å²) in [5, 5.41) is 11.4. The molecule has 2 atom stereocenters. The van der Waals surface area contributed by atoms with Gasteiger partial charge in [0.15, 0.2) is 0 Å². The fourth-order valence-corrected chi connectivity index (χ4v) is 4.30. The van der Waals surface area contributed by atoms with Crippen LogP contribution >= 0.6 is 0 Å². The Morgan fingerprint density at radius 3 is 2.44 bits per heavy atom. The van der Waals surface area contributed by atoms with Crippen molar-refractivity contribution in [1.82, 2.24) is 0 Å². The zero-order valence-electron chi connectivity index (χ0n) is 12.0. The summed E-state index contributed by atoms with van der Waals surface area (Å²) in [4.78, 5) is 0. The van der Waals surface area contributed by atoms with Gasteiger partial charge in [0, 0.05) is 25.2 Å². The van der Waals surface area contributed by atoms with Crippen LogP contribution in [0.1, 0.15) is 52.4 Å². The smallest absolute Gasteiger partial charge is 0.0747 e. The minimum Gasteiger partial charge on any atom is -0.389 e. The van der Waals surface area contributed by atoms with Gasteiger partial charge in [0.25, 0.3) is 0 Å². The second kappa shape index (κ2) is 5.48. The third-order valence-electron chi connectivity index (χ3n) is 5.50. The van der Waals surface area contributed by atoms with Crippen LogP contribution in [0.2, 0.25) is 0 Å². The Hall–Kier alpha value is -0.120. The lowest BCUT2D eigenvalue weighted by atomic mass is 9.55. The predicted molar refractivity (Wildman–Crippen MR) is 73.3 cm³/mol. The Labute approximate surface area is 111 Å². The number of aliphatic hydroxyl groups is 1. The van der Waals surface area contributed by atoms with E-state index in [2.05, 4.69) is 13.8 Å². The minimum absolute atomic E-state index is 0.111. The van der Waals surface area contributed by atoms with Gasteiger partial charge in [-0.3, -0.25) is 0 Å². The number of rotatable bonds is 3. The van der Waals surface area contributed by atoms with Crippen LogP contribution in [-0.4, -0.2) is 30.5 Å². The fraction of sp³-hybridized carbons (Fsp3) is 1.00. The predicted octanol–water partition coefficient (Wildman–Crippen LogP) is 2.32. The van der Waals surface area contributed by atoms with E-state index in [-0.39, 0.29) is 5.41 Å². The van der Waals surface area contributed by atoms with Crippen LogP contribution in [0, 0.1) is 17.3 Å². The molecule has 3 heteroatoms. The molecule has 0 aromatic carbocycles. The SMILES string of the molecule is CC(C)C1CCCCC1(O)C1(CN)CCOCC1. The normalized spacial score (nSPS) is 36.8. The molecule has 2 unspecified atom stereocenters. The summed E-state index contributed by atoms with van der Waals surface area (Å²) in [6.45, 7) is 6.58. The van der Waals surface area contributed by atoms with Crippen molar-refractivity contribution in [2.75, 3.05) is 19.8 Å². The first kappa shape index (κ1) is 14.3. The van der Waals surface area contributed by atoms with Gasteiger partial charge in [0.2, 0.25) is 0 Å². The maximum atomic E-state index is 11.4. The number of nitrogens with two attached hydrogens (primary N) is 1. The lowest BCUT2D eigenvalue weighted by Gasteiger charge is -2.56. The molecule has 18 heavy (non-hydrogen) atoms. The highest BCUT2D eigenvalue weighted by Gasteiger charge is 2.55. The Morgan fingerprint density at radius 1 is 1.22 bits per heavy atom. The molecule has 3 nitrogen and oxygen atoms in total. The van der Waals surface area contributed by atoms with Crippen LogP contribution in [0.5, 0.6) is 0 Å². The Kier molecular flexibility index (Phi) is 4.35. The second-order valence-electron chi connectivity index (χ2n) is 6.62. The Balaban J connectivity index is 2.29. The summed E-state index contributed by atoms with van der Waals surface area (Å²) in [5.74, 6) is 0.925. The van der Waals surface area contributed by atoms with Gasteiger partial charge in [0.05, 0.1) is 5.60 Å². The van der Waals surface area contributed by atoms with E-state index in [9.17, 15) is 5.11 Å². The van der Waals surface area contributed by atoms with Crippen molar-refractivity contribution in [3.05, 3.63) is 0 Å². The highest BCUT2D eigenvalue weighted by atomic mass is 16.5. The van der Waals surface area contributed by atoms with Crippen LogP contribution in [0.3, 0.4) is 0 Å². The summed E-state index contributed by atoms with van der Waals surface area (Å²) in [6, 6.07) is 0. The first-order chi connectivity index (χ1) is 8.56. The van der Waals surface area contributed by atoms with E-state index in [1.54, 1.807) is 0 Å². The van der Waals surface area contributed by atoms with Gasteiger partial charge in [-0.15, -0.1) is 0 Å². The monoisotopic (exact) mass is 255 g/mol. The maximum absolute atomic E-state index is 11.4. The molecule has 2 fully saturated rings. The molecular formula is C15H29NO2. The van der Waals surface area contributed by atoms with Crippen LogP contribution in [-0.2, 0) is 4.74 Å². The summed E-state index contributed by atoms with van der Waals surface area (Å²) in [6.07, 6.45) is 6.31. The van der Waals surface area contributed by atoms with E-state index in [4.69, 9.17) is 10.5 Å². The van der Waals surface area contributed by atoms with Gasteiger partial charge >= 0.3 is 0 Å². The topological polar surface area (TPSA) is 55.5 Å². The molecule has 1 saturated carbocycles. The molecule has 1 heterocycles. The molecule has 0 aromatic rings. The van der Waals surface area contributed by atoms with Crippen molar-refractivity contribution in [3.63, 3.8) is 0 Å². The van der Waals surface area contributed by atoms with Crippen LogP contribution in [0.15, 0.2) is 0 Å². The molecule has 2 aliphatic rings. The molecule has 0 radical (unpaired) electrons. The Bertz CT molecular complexity index is 274. The van der Waals surface area contributed by atoms with Crippen molar-refractivity contribution in [3.8, 4) is 0 Å². The molecule has 106 valence electrons. The summed E-state index contributed by atoms with van der Waals surface area (Å²) in [7, 11) is 0. The van der Waals surface area contributed by atoms with Gasteiger partial charge in [-0.1, -0.05) is 26.7 Å². The quantitative estimate of drug-likeness (QED) is 0.813. The molecule has 1 aliphatic carbocycles. The Morgan fingerprint density at radius 2 is 1.89 bits per heavy atom. The maximum Gasteiger partial charge on any atom is 0.0747 e. The molecule has 0 aromatic heterocycles.